The Hall–Kier alpha value is -1.68. The minimum absolute atomic E-state index is 0.168. The summed E-state index contributed by atoms with van der Waals surface area (Å²) in [6.45, 7) is 2.07. The number of aliphatic imine (C=N–C) groups is 2. The minimum atomic E-state index is 0.168. The molecule has 1 aromatic rings. The molecule has 1 aliphatic carbocycles. The van der Waals surface area contributed by atoms with Crippen LogP contribution in [-0.2, 0) is 0 Å². The largest absolute Gasteiger partial charge is 0.343 e. The quantitative estimate of drug-likeness (QED) is 0.842. The number of nitrogens with zero attached hydrogens (tertiary/aromatic N) is 2. The van der Waals surface area contributed by atoms with E-state index in [-0.39, 0.29) is 12.0 Å². The molecule has 1 aromatic carbocycles. The Kier molecular flexibility index (Phi) is 3.34. The smallest absolute Gasteiger partial charge is 0.117 e. The lowest BCUT2D eigenvalue weighted by molar-refractivity contribution is 0.711. The van der Waals surface area contributed by atoms with Gasteiger partial charge in [0.2, 0.25) is 0 Å². The number of halogens is 1. The van der Waals surface area contributed by atoms with E-state index in [4.69, 9.17) is 0 Å². The van der Waals surface area contributed by atoms with Gasteiger partial charge in [0.15, 0.2) is 0 Å². The Labute approximate surface area is 121 Å². The number of rotatable bonds is 1. The van der Waals surface area contributed by atoms with E-state index in [9.17, 15) is 0 Å². The van der Waals surface area contributed by atoms with Crippen molar-refractivity contribution in [2.45, 2.75) is 13.0 Å². The number of allylic oxidation sites excluding steroid dienone is 2. The molecular weight excluding hydrogens is 302 g/mol. The summed E-state index contributed by atoms with van der Waals surface area (Å²) in [6.07, 6.45) is 9.96. The number of aryl methyl sites for hydroxylation is 1. The molecular formula is C15H14BrN3. The maximum atomic E-state index is 4.38. The van der Waals surface area contributed by atoms with E-state index in [0.29, 0.717) is 0 Å². The van der Waals surface area contributed by atoms with Crippen LogP contribution in [0.1, 0.15) is 5.56 Å². The maximum Gasteiger partial charge on any atom is 0.117 e. The molecule has 1 heterocycles. The fourth-order valence-electron chi connectivity index (χ4n) is 2.24. The van der Waals surface area contributed by atoms with Crippen molar-refractivity contribution in [2.24, 2.45) is 15.9 Å². The molecule has 0 radical (unpaired) electrons. The Bertz CT molecular complexity index is 614. The van der Waals surface area contributed by atoms with E-state index in [1.54, 1.807) is 6.34 Å². The Morgan fingerprint density at radius 2 is 2.05 bits per heavy atom. The van der Waals surface area contributed by atoms with Gasteiger partial charge in [0.05, 0.1) is 12.0 Å². The maximum absolute atomic E-state index is 4.38. The van der Waals surface area contributed by atoms with Gasteiger partial charge < -0.3 is 5.32 Å². The highest BCUT2D eigenvalue weighted by Gasteiger charge is 2.25. The average molecular weight is 316 g/mol. The normalized spacial score (nSPS) is 24.0. The molecule has 2 aliphatic rings. The molecule has 0 fully saturated rings. The van der Waals surface area contributed by atoms with Crippen LogP contribution >= 0.6 is 15.9 Å². The van der Waals surface area contributed by atoms with Gasteiger partial charge in [-0.15, -0.1) is 0 Å². The number of hydrogen-bond donors (Lipinski definition) is 1. The first kappa shape index (κ1) is 12.4. The van der Waals surface area contributed by atoms with Gasteiger partial charge in [-0.05, 0) is 30.7 Å². The first-order chi connectivity index (χ1) is 9.24. The summed E-state index contributed by atoms with van der Waals surface area (Å²) < 4.78 is 1.11. The van der Waals surface area contributed by atoms with Gasteiger partial charge in [-0.25, -0.2) is 4.99 Å². The van der Waals surface area contributed by atoms with Gasteiger partial charge >= 0.3 is 0 Å². The SMILES string of the molecule is Cc1cc(NC2=NC=NC3C=CC=CC23)ccc1Br. The standard InChI is InChI=1S/C15H14BrN3/c1-10-8-11(6-7-13(10)16)19-15-12-4-2-3-5-14(12)17-9-18-15/h2-9,12,14H,1H3,(H,17,18,19). The molecule has 2 unspecified atom stereocenters. The van der Waals surface area contributed by atoms with Crippen LogP contribution in [0.4, 0.5) is 5.69 Å². The predicted octanol–water partition coefficient (Wildman–Crippen LogP) is 3.72. The third kappa shape index (κ3) is 2.54. The van der Waals surface area contributed by atoms with E-state index < -0.39 is 0 Å². The number of anilines is 1. The monoisotopic (exact) mass is 315 g/mol. The van der Waals surface area contributed by atoms with Crippen LogP contribution in [0.2, 0.25) is 0 Å². The summed E-state index contributed by atoms with van der Waals surface area (Å²) in [4.78, 5) is 8.76. The van der Waals surface area contributed by atoms with Gasteiger partial charge in [0, 0.05) is 10.2 Å². The van der Waals surface area contributed by atoms with Crippen molar-refractivity contribution in [2.75, 3.05) is 5.32 Å². The van der Waals surface area contributed by atoms with E-state index in [1.807, 2.05) is 24.3 Å². The van der Waals surface area contributed by atoms with Crippen LogP contribution in [0.5, 0.6) is 0 Å². The third-order valence-electron chi connectivity index (χ3n) is 3.29. The average Bonchev–Trinajstić information content (AvgIpc) is 2.43. The zero-order valence-corrected chi connectivity index (χ0v) is 12.1. The summed E-state index contributed by atoms with van der Waals surface area (Å²) in [6, 6.07) is 6.36. The van der Waals surface area contributed by atoms with Crippen molar-refractivity contribution in [3.63, 3.8) is 0 Å². The van der Waals surface area contributed by atoms with E-state index in [1.165, 1.54) is 5.56 Å². The van der Waals surface area contributed by atoms with Crippen molar-refractivity contribution in [1.29, 1.82) is 0 Å². The Morgan fingerprint density at radius 3 is 2.89 bits per heavy atom. The van der Waals surface area contributed by atoms with Crippen LogP contribution < -0.4 is 5.32 Å². The molecule has 0 amide bonds. The molecule has 96 valence electrons. The minimum Gasteiger partial charge on any atom is -0.343 e. The first-order valence-corrected chi connectivity index (χ1v) is 7.01. The molecule has 1 aliphatic heterocycles. The summed E-state index contributed by atoms with van der Waals surface area (Å²) in [5, 5.41) is 3.40. The molecule has 3 rings (SSSR count). The highest BCUT2D eigenvalue weighted by Crippen LogP contribution is 2.24. The lowest BCUT2D eigenvalue weighted by atomic mass is 9.93. The van der Waals surface area contributed by atoms with Gasteiger partial charge in [-0.1, -0.05) is 40.2 Å². The number of hydrogen-bond acceptors (Lipinski definition) is 3. The Morgan fingerprint density at radius 1 is 1.21 bits per heavy atom. The van der Waals surface area contributed by atoms with Gasteiger partial charge in [0.1, 0.15) is 12.2 Å². The van der Waals surface area contributed by atoms with Crippen molar-refractivity contribution in [3.05, 3.63) is 52.5 Å². The van der Waals surface area contributed by atoms with Crippen molar-refractivity contribution in [3.8, 4) is 0 Å². The molecule has 0 saturated carbocycles. The van der Waals surface area contributed by atoms with Gasteiger partial charge in [-0.3, -0.25) is 4.99 Å². The number of fused-ring (bicyclic) bond motifs is 1. The Balaban J connectivity index is 1.84. The van der Waals surface area contributed by atoms with Crippen LogP contribution in [0.25, 0.3) is 0 Å². The zero-order valence-electron chi connectivity index (χ0n) is 10.5. The number of amidine groups is 1. The number of benzene rings is 1. The second kappa shape index (κ2) is 5.13. The molecule has 2 atom stereocenters. The van der Waals surface area contributed by atoms with Crippen molar-refractivity contribution in [1.82, 2.24) is 0 Å². The highest BCUT2D eigenvalue weighted by atomic mass is 79.9. The molecule has 0 spiro atoms. The fourth-order valence-corrected chi connectivity index (χ4v) is 2.48. The molecule has 3 nitrogen and oxygen atoms in total. The second-order valence-electron chi connectivity index (χ2n) is 4.65. The lowest BCUT2D eigenvalue weighted by Crippen LogP contribution is -2.33. The van der Waals surface area contributed by atoms with E-state index in [0.717, 1.165) is 16.0 Å². The van der Waals surface area contributed by atoms with E-state index in [2.05, 4.69) is 56.4 Å². The summed E-state index contributed by atoms with van der Waals surface area (Å²) in [5.41, 5.74) is 2.25. The van der Waals surface area contributed by atoms with Crippen molar-refractivity contribution < 1.29 is 0 Å². The first-order valence-electron chi connectivity index (χ1n) is 6.21. The van der Waals surface area contributed by atoms with Crippen LogP contribution in [-0.4, -0.2) is 18.2 Å². The molecule has 0 bridgehead atoms. The fraction of sp³-hybridized carbons (Fsp3) is 0.200. The molecule has 0 saturated heterocycles. The van der Waals surface area contributed by atoms with E-state index >= 15 is 0 Å². The number of nitrogens with one attached hydrogen (secondary N) is 1. The van der Waals surface area contributed by atoms with Crippen LogP contribution in [0, 0.1) is 12.8 Å². The topological polar surface area (TPSA) is 36.8 Å². The van der Waals surface area contributed by atoms with Crippen LogP contribution in [0.3, 0.4) is 0 Å². The van der Waals surface area contributed by atoms with Crippen molar-refractivity contribution >= 4 is 33.8 Å². The summed E-state index contributed by atoms with van der Waals surface area (Å²) >= 11 is 3.51. The van der Waals surface area contributed by atoms with Gasteiger partial charge in [-0.2, -0.15) is 0 Å². The highest BCUT2D eigenvalue weighted by molar-refractivity contribution is 9.10. The van der Waals surface area contributed by atoms with Crippen LogP contribution in [0.15, 0.2) is 57.0 Å². The predicted molar refractivity (Wildman–Crippen MR) is 84.0 cm³/mol. The third-order valence-corrected chi connectivity index (χ3v) is 4.18. The molecule has 4 heteroatoms. The lowest BCUT2D eigenvalue weighted by Gasteiger charge is -2.25. The second-order valence-corrected chi connectivity index (χ2v) is 5.51. The summed E-state index contributed by atoms with van der Waals surface area (Å²) in [5.74, 6) is 1.15. The zero-order chi connectivity index (χ0) is 13.2. The molecule has 19 heavy (non-hydrogen) atoms. The van der Waals surface area contributed by atoms with Gasteiger partial charge in [0.25, 0.3) is 0 Å². The summed E-state index contributed by atoms with van der Waals surface area (Å²) in [7, 11) is 0. The molecule has 0 aromatic heterocycles. The molecule has 1 N–H and O–H groups in total.